The van der Waals surface area contributed by atoms with Gasteiger partial charge < -0.3 is 5.11 Å². The van der Waals surface area contributed by atoms with E-state index in [-0.39, 0.29) is 12.3 Å². The fraction of sp³-hybridized carbons (Fsp3) is 0.182. The van der Waals surface area contributed by atoms with E-state index in [2.05, 4.69) is 10.3 Å². The Labute approximate surface area is 92.3 Å². The van der Waals surface area contributed by atoms with Gasteiger partial charge in [-0.25, -0.2) is 4.68 Å². The van der Waals surface area contributed by atoms with Gasteiger partial charge in [-0.1, -0.05) is 5.18 Å². The summed E-state index contributed by atoms with van der Waals surface area (Å²) in [5.74, 6) is 0.197. The predicted octanol–water partition coefficient (Wildman–Crippen LogP) is 2.15. The highest BCUT2D eigenvalue weighted by atomic mass is 16.3. The molecule has 1 N–H and O–H groups in total. The van der Waals surface area contributed by atoms with Gasteiger partial charge in [-0.15, -0.1) is 0 Å². The van der Waals surface area contributed by atoms with Gasteiger partial charge in [-0.3, -0.25) is 0 Å². The van der Waals surface area contributed by atoms with Crippen molar-refractivity contribution in [1.82, 2.24) is 9.78 Å². The van der Waals surface area contributed by atoms with Gasteiger partial charge in [0.2, 0.25) is 0 Å². The Kier molecular flexibility index (Phi) is 2.68. The summed E-state index contributed by atoms with van der Waals surface area (Å²) >= 11 is 0. The molecule has 1 aromatic heterocycles. The Morgan fingerprint density at radius 2 is 2.06 bits per heavy atom. The van der Waals surface area contributed by atoms with Crippen LogP contribution in [0.5, 0.6) is 5.75 Å². The van der Waals surface area contributed by atoms with E-state index in [1.165, 1.54) is 0 Å². The van der Waals surface area contributed by atoms with Crippen molar-refractivity contribution in [1.29, 1.82) is 0 Å². The zero-order valence-corrected chi connectivity index (χ0v) is 8.79. The molecule has 2 aromatic rings. The van der Waals surface area contributed by atoms with Crippen LogP contribution in [0.15, 0.2) is 35.5 Å². The van der Waals surface area contributed by atoms with Crippen molar-refractivity contribution in [3.05, 3.63) is 46.6 Å². The van der Waals surface area contributed by atoms with E-state index >= 15 is 0 Å². The first kappa shape index (κ1) is 10.4. The maximum atomic E-state index is 10.3. The van der Waals surface area contributed by atoms with Gasteiger partial charge in [-0.2, -0.15) is 10.0 Å². The van der Waals surface area contributed by atoms with E-state index in [0.29, 0.717) is 0 Å². The minimum Gasteiger partial charge on any atom is -0.508 e. The highest BCUT2D eigenvalue weighted by Crippen LogP contribution is 2.16. The standard InChI is InChI=1S/C11H11N3O2/c1-8-6-10(7-12-16)14(13-8)9-2-4-11(15)5-3-9/h2-6,15H,7H2,1H3. The molecule has 0 unspecified atom stereocenters. The topological polar surface area (TPSA) is 67.5 Å². The van der Waals surface area contributed by atoms with Crippen LogP contribution in [-0.4, -0.2) is 14.9 Å². The van der Waals surface area contributed by atoms with Crippen molar-refractivity contribution >= 4 is 0 Å². The third-order valence-electron chi connectivity index (χ3n) is 2.23. The molecule has 0 spiro atoms. The van der Waals surface area contributed by atoms with Crippen LogP contribution in [0.3, 0.4) is 0 Å². The van der Waals surface area contributed by atoms with E-state index < -0.39 is 0 Å². The molecule has 0 aliphatic heterocycles. The van der Waals surface area contributed by atoms with E-state index in [4.69, 9.17) is 0 Å². The van der Waals surface area contributed by atoms with Crippen molar-refractivity contribution in [3.63, 3.8) is 0 Å². The molecule has 1 heterocycles. The first-order chi connectivity index (χ1) is 7.70. The van der Waals surface area contributed by atoms with Crippen molar-refractivity contribution in [3.8, 4) is 11.4 Å². The van der Waals surface area contributed by atoms with Gasteiger partial charge >= 0.3 is 0 Å². The normalized spacial score (nSPS) is 10.3. The highest BCUT2D eigenvalue weighted by Gasteiger charge is 2.07. The van der Waals surface area contributed by atoms with Crippen LogP contribution >= 0.6 is 0 Å². The summed E-state index contributed by atoms with van der Waals surface area (Å²) in [6, 6.07) is 8.43. The number of nitroso groups, excluding NO2 is 1. The largest absolute Gasteiger partial charge is 0.508 e. The first-order valence-electron chi connectivity index (χ1n) is 4.85. The molecule has 0 fully saturated rings. The Balaban J connectivity index is 2.45. The maximum absolute atomic E-state index is 10.3. The minimum absolute atomic E-state index is 0.0850. The van der Waals surface area contributed by atoms with E-state index in [1.54, 1.807) is 28.9 Å². The molecule has 1 aromatic carbocycles. The van der Waals surface area contributed by atoms with Crippen molar-refractivity contribution in [2.24, 2.45) is 5.18 Å². The van der Waals surface area contributed by atoms with Crippen LogP contribution < -0.4 is 0 Å². The Bertz CT molecular complexity index is 502. The number of rotatable bonds is 3. The number of phenols is 1. The second-order valence-electron chi connectivity index (χ2n) is 3.49. The second kappa shape index (κ2) is 4.14. The lowest BCUT2D eigenvalue weighted by Crippen LogP contribution is -2.01. The fourth-order valence-corrected chi connectivity index (χ4v) is 1.55. The summed E-state index contributed by atoms with van der Waals surface area (Å²) in [4.78, 5) is 10.3. The lowest BCUT2D eigenvalue weighted by Gasteiger charge is -2.04. The first-order valence-corrected chi connectivity index (χ1v) is 4.85. The Morgan fingerprint density at radius 1 is 1.38 bits per heavy atom. The van der Waals surface area contributed by atoms with Crippen LogP contribution in [0.25, 0.3) is 5.69 Å². The molecule has 5 heteroatoms. The molecule has 0 bridgehead atoms. The van der Waals surface area contributed by atoms with Gasteiger partial charge in [0.1, 0.15) is 12.3 Å². The van der Waals surface area contributed by atoms with Gasteiger partial charge in [0.05, 0.1) is 17.1 Å². The van der Waals surface area contributed by atoms with Gasteiger partial charge in [0.15, 0.2) is 0 Å². The number of aromatic hydroxyl groups is 1. The SMILES string of the molecule is Cc1cc(CN=O)n(-c2ccc(O)cc2)n1. The number of hydrogen-bond acceptors (Lipinski definition) is 4. The predicted molar refractivity (Wildman–Crippen MR) is 59.5 cm³/mol. The van der Waals surface area contributed by atoms with Crippen molar-refractivity contribution in [2.45, 2.75) is 13.5 Å². The minimum atomic E-state index is 0.0850. The number of hydrogen-bond donors (Lipinski definition) is 1. The number of benzene rings is 1. The summed E-state index contributed by atoms with van der Waals surface area (Å²) in [7, 11) is 0. The molecule has 16 heavy (non-hydrogen) atoms. The monoisotopic (exact) mass is 217 g/mol. The van der Waals surface area contributed by atoms with Crippen LogP contribution in [0.2, 0.25) is 0 Å². The molecule has 0 aliphatic carbocycles. The summed E-state index contributed by atoms with van der Waals surface area (Å²) in [6.07, 6.45) is 0. The molecule has 2 rings (SSSR count). The Morgan fingerprint density at radius 3 is 2.69 bits per heavy atom. The molecule has 0 amide bonds. The van der Waals surface area contributed by atoms with Gasteiger partial charge in [0.25, 0.3) is 0 Å². The van der Waals surface area contributed by atoms with E-state index in [9.17, 15) is 10.0 Å². The highest BCUT2D eigenvalue weighted by molar-refractivity contribution is 5.37. The second-order valence-corrected chi connectivity index (χ2v) is 3.49. The van der Waals surface area contributed by atoms with E-state index in [1.807, 2.05) is 13.0 Å². The number of aromatic nitrogens is 2. The maximum Gasteiger partial charge on any atom is 0.123 e. The van der Waals surface area contributed by atoms with Crippen molar-refractivity contribution in [2.75, 3.05) is 0 Å². The third kappa shape index (κ3) is 1.93. The van der Waals surface area contributed by atoms with E-state index in [0.717, 1.165) is 17.1 Å². The van der Waals surface area contributed by atoms with Crippen LogP contribution in [0.4, 0.5) is 0 Å². The summed E-state index contributed by atoms with van der Waals surface area (Å²) < 4.78 is 1.65. The van der Waals surface area contributed by atoms with Crippen LogP contribution in [0.1, 0.15) is 11.4 Å². The number of nitrogens with zero attached hydrogens (tertiary/aromatic N) is 3. The van der Waals surface area contributed by atoms with Gasteiger partial charge in [-0.05, 0) is 37.3 Å². The molecule has 0 saturated heterocycles. The molecular weight excluding hydrogens is 206 g/mol. The zero-order chi connectivity index (χ0) is 11.5. The third-order valence-corrected chi connectivity index (χ3v) is 2.23. The smallest absolute Gasteiger partial charge is 0.123 e. The lowest BCUT2D eigenvalue weighted by atomic mass is 10.3. The van der Waals surface area contributed by atoms with Crippen LogP contribution in [-0.2, 0) is 6.54 Å². The number of phenolic OH excluding ortho intramolecular Hbond substituents is 1. The van der Waals surface area contributed by atoms with Crippen molar-refractivity contribution < 1.29 is 5.11 Å². The summed E-state index contributed by atoms with van der Waals surface area (Å²) in [5, 5.41) is 16.3. The molecule has 5 nitrogen and oxygen atoms in total. The summed E-state index contributed by atoms with van der Waals surface area (Å²) in [6.45, 7) is 1.94. The molecular formula is C11H11N3O2. The molecule has 0 saturated carbocycles. The number of aryl methyl sites for hydroxylation is 1. The lowest BCUT2D eigenvalue weighted by molar-refractivity contribution is 0.475. The molecule has 0 atom stereocenters. The molecule has 0 aliphatic rings. The molecule has 0 radical (unpaired) electrons. The van der Waals surface area contributed by atoms with Crippen LogP contribution in [0, 0.1) is 11.8 Å². The fourth-order valence-electron chi connectivity index (χ4n) is 1.55. The Hall–Kier alpha value is -2.17. The average molecular weight is 217 g/mol. The summed E-state index contributed by atoms with van der Waals surface area (Å²) in [5.41, 5.74) is 2.36. The average Bonchev–Trinajstić information content (AvgIpc) is 2.61. The quantitative estimate of drug-likeness (QED) is 0.801. The van der Waals surface area contributed by atoms with Gasteiger partial charge in [0, 0.05) is 0 Å². The zero-order valence-electron chi connectivity index (χ0n) is 8.79. The molecule has 82 valence electrons.